The molecule has 0 aliphatic rings. The summed E-state index contributed by atoms with van der Waals surface area (Å²) in [5.41, 5.74) is 3.34. The number of methoxy groups -OCH3 is 3. The monoisotopic (exact) mass is 493 g/mol. The number of carbonyl (C=O) groups is 1. The summed E-state index contributed by atoms with van der Waals surface area (Å²) in [5.74, 6) is -0.229. The van der Waals surface area contributed by atoms with Crippen LogP contribution in [-0.4, -0.2) is 27.2 Å². The summed E-state index contributed by atoms with van der Waals surface area (Å²) in [4.78, 5) is 12.5. The number of benzene rings is 3. The van der Waals surface area contributed by atoms with Gasteiger partial charge in [0.05, 0.1) is 27.6 Å². The third-order valence-corrected chi connectivity index (χ3v) is 5.86. The number of fused-ring (bicyclic) bond motifs is 1. The zero-order valence-electron chi connectivity index (χ0n) is 20.3. The van der Waals surface area contributed by atoms with Crippen LogP contribution in [0.15, 0.2) is 65.3 Å². The minimum atomic E-state index is -0.717. The van der Waals surface area contributed by atoms with Gasteiger partial charge in [-0.3, -0.25) is 4.79 Å². The van der Waals surface area contributed by atoms with Crippen molar-refractivity contribution in [1.82, 2.24) is 5.32 Å². The van der Waals surface area contributed by atoms with Gasteiger partial charge in [0.1, 0.15) is 23.0 Å². The maximum Gasteiger partial charge on any atom is 0.244 e. The van der Waals surface area contributed by atoms with E-state index in [1.165, 1.54) is 19.3 Å². The van der Waals surface area contributed by atoms with Crippen LogP contribution in [0.2, 0.25) is 0 Å². The summed E-state index contributed by atoms with van der Waals surface area (Å²) in [6.07, 6.45) is 3.00. The Labute approximate surface area is 207 Å². The van der Waals surface area contributed by atoms with E-state index in [1.807, 2.05) is 24.3 Å². The lowest BCUT2D eigenvalue weighted by Crippen LogP contribution is -2.22. The summed E-state index contributed by atoms with van der Waals surface area (Å²) >= 11 is 0. The van der Waals surface area contributed by atoms with E-state index in [1.54, 1.807) is 33.5 Å². The third kappa shape index (κ3) is 4.88. The van der Waals surface area contributed by atoms with Gasteiger partial charge in [0.2, 0.25) is 5.91 Å². The van der Waals surface area contributed by atoms with Crippen molar-refractivity contribution < 1.29 is 32.2 Å². The van der Waals surface area contributed by atoms with Crippen LogP contribution in [-0.2, 0) is 11.3 Å². The van der Waals surface area contributed by atoms with Gasteiger partial charge in [-0.25, -0.2) is 8.78 Å². The highest BCUT2D eigenvalue weighted by Crippen LogP contribution is 2.39. The highest BCUT2D eigenvalue weighted by Gasteiger charge is 2.17. The van der Waals surface area contributed by atoms with Gasteiger partial charge in [0.25, 0.3) is 0 Å². The molecule has 0 saturated heterocycles. The number of hydrogen-bond acceptors (Lipinski definition) is 5. The number of ether oxygens (including phenoxy) is 3. The zero-order valence-corrected chi connectivity index (χ0v) is 20.3. The Balaban J connectivity index is 1.66. The van der Waals surface area contributed by atoms with Crippen LogP contribution in [0.3, 0.4) is 0 Å². The Bertz CT molecular complexity index is 1440. The van der Waals surface area contributed by atoms with E-state index < -0.39 is 17.5 Å². The van der Waals surface area contributed by atoms with Gasteiger partial charge in [-0.1, -0.05) is 12.1 Å². The largest absolute Gasteiger partial charge is 0.496 e. The summed E-state index contributed by atoms with van der Waals surface area (Å²) < 4.78 is 49.8. The fourth-order valence-electron chi connectivity index (χ4n) is 3.96. The lowest BCUT2D eigenvalue weighted by molar-refractivity contribution is -0.116. The lowest BCUT2D eigenvalue weighted by Gasteiger charge is -2.11. The Morgan fingerprint density at radius 3 is 2.31 bits per heavy atom. The Hall–Kier alpha value is -4.33. The molecule has 0 aliphatic carbocycles. The first kappa shape index (κ1) is 24.8. The standard InChI is InChI=1S/C28H25F2NO5/c1-16(10-28(32)31-14-20-22(29)6-5-7-23(20)30)18-12-19-21(15-36-26(19)13-25(18)34-3)17-8-9-24(33-2)27(11-17)35-4/h5-13,15H,14H2,1-4H3,(H,31,32)/b16-10+. The molecule has 0 saturated carbocycles. The van der Waals surface area contributed by atoms with E-state index >= 15 is 0 Å². The molecule has 3 aromatic carbocycles. The molecule has 1 aromatic heterocycles. The normalized spacial score (nSPS) is 11.4. The van der Waals surface area contributed by atoms with Crippen molar-refractivity contribution in [2.75, 3.05) is 21.3 Å². The maximum atomic E-state index is 13.9. The molecule has 0 atom stereocenters. The van der Waals surface area contributed by atoms with E-state index in [4.69, 9.17) is 18.6 Å². The number of furan rings is 1. The molecule has 186 valence electrons. The predicted octanol–water partition coefficient (Wildman–Crippen LogP) is 6.12. The number of carbonyl (C=O) groups excluding carboxylic acids is 1. The van der Waals surface area contributed by atoms with Crippen LogP contribution >= 0.6 is 0 Å². The maximum absolute atomic E-state index is 13.9. The second-order valence-corrected chi connectivity index (χ2v) is 8.01. The summed E-state index contributed by atoms with van der Waals surface area (Å²) in [6.45, 7) is 1.48. The molecule has 1 amide bonds. The molecule has 0 radical (unpaired) electrons. The second kappa shape index (κ2) is 10.5. The number of nitrogens with one attached hydrogen (secondary N) is 1. The first-order valence-corrected chi connectivity index (χ1v) is 11.1. The molecule has 0 bridgehead atoms. The summed E-state index contributed by atoms with van der Waals surface area (Å²) in [6, 6.07) is 12.7. The topological polar surface area (TPSA) is 69.9 Å². The smallest absolute Gasteiger partial charge is 0.244 e. The van der Waals surface area contributed by atoms with Crippen molar-refractivity contribution in [3.63, 3.8) is 0 Å². The molecule has 4 aromatic rings. The quantitative estimate of drug-likeness (QED) is 0.299. The molecular formula is C28H25F2NO5. The molecule has 0 aliphatic heterocycles. The average molecular weight is 494 g/mol. The van der Waals surface area contributed by atoms with Crippen molar-refractivity contribution in [2.24, 2.45) is 0 Å². The number of amides is 1. The number of halogens is 2. The highest BCUT2D eigenvalue weighted by molar-refractivity contribution is 6.00. The molecule has 8 heteroatoms. The molecule has 0 unspecified atom stereocenters. The molecule has 36 heavy (non-hydrogen) atoms. The predicted molar refractivity (Wildman–Crippen MR) is 133 cm³/mol. The van der Waals surface area contributed by atoms with Crippen molar-refractivity contribution in [2.45, 2.75) is 13.5 Å². The van der Waals surface area contributed by atoms with Gasteiger partial charge in [-0.2, -0.15) is 0 Å². The van der Waals surface area contributed by atoms with Crippen molar-refractivity contribution in [1.29, 1.82) is 0 Å². The number of allylic oxidation sites excluding steroid dienone is 1. The fourth-order valence-corrected chi connectivity index (χ4v) is 3.96. The second-order valence-electron chi connectivity index (χ2n) is 8.01. The Morgan fingerprint density at radius 2 is 1.64 bits per heavy atom. The van der Waals surface area contributed by atoms with Crippen LogP contribution < -0.4 is 19.5 Å². The molecule has 4 rings (SSSR count). The Kier molecular flexibility index (Phi) is 7.24. The van der Waals surface area contributed by atoms with Gasteiger partial charge in [0, 0.05) is 40.8 Å². The lowest BCUT2D eigenvalue weighted by atomic mass is 9.99. The van der Waals surface area contributed by atoms with Crippen LogP contribution in [0.4, 0.5) is 8.78 Å². The van der Waals surface area contributed by atoms with E-state index in [0.717, 1.165) is 28.6 Å². The van der Waals surface area contributed by atoms with Gasteiger partial charge < -0.3 is 23.9 Å². The number of rotatable bonds is 8. The van der Waals surface area contributed by atoms with Gasteiger partial charge in [0.15, 0.2) is 11.5 Å². The highest BCUT2D eigenvalue weighted by atomic mass is 19.1. The van der Waals surface area contributed by atoms with Crippen LogP contribution in [0.1, 0.15) is 18.1 Å². The third-order valence-electron chi connectivity index (χ3n) is 5.86. The van der Waals surface area contributed by atoms with Crippen LogP contribution in [0, 0.1) is 11.6 Å². The molecule has 1 N–H and O–H groups in total. The SMILES string of the molecule is COc1ccc(-c2coc3cc(OC)c(/C(C)=C/C(=O)NCc4c(F)cccc4F)cc23)cc1OC. The molecule has 0 spiro atoms. The zero-order chi connectivity index (χ0) is 25.8. The minimum absolute atomic E-state index is 0.200. The first-order valence-electron chi connectivity index (χ1n) is 11.1. The van der Waals surface area contributed by atoms with E-state index in [9.17, 15) is 13.6 Å². The molecule has 0 fully saturated rings. The van der Waals surface area contributed by atoms with Gasteiger partial charge in [-0.15, -0.1) is 0 Å². The average Bonchev–Trinajstić information content (AvgIpc) is 3.30. The molecule has 1 heterocycles. The first-order chi connectivity index (χ1) is 17.4. The Morgan fingerprint density at radius 1 is 0.944 bits per heavy atom. The molecule has 6 nitrogen and oxygen atoms in total. The van der Waals surface area contributed by atoms with E-state index in [0.29, 0.717) is 34.0 Å². The van der Waals surface area contributed by atoms with Crippen LogP contribution in [0.5, 0.6) is 17.2 Å². The van der Waals surface area contributed by atoms with E-state index in [-0.39, 0.29) is 12.1 Å². The minimum Gasteiger partial charge on any atom is -0.496 e. The van der Waals surface area contributed by atoms with E-state index in [2.05, 4.69) is 5.32 Å². The fraction of sp³-hybridized carbons (Fsp3) is 0.179. The van der Waals surface area contributed by atoms with Gasteiger partial charge >= 0.3 is 0 Å². The van der Waals surface area contributed by atoms with Crippen LogP contribution in [0.25, 0.3) is 27.7 Å². The summed E-state index contributed by atoms with van der Waals surface area (Å²) in [7, 11) is 4.66. The summed E-state index contributed by atoms with van der Waals surface area (Å²) in [5, 5.41) is 3.34. The van der Waals surface area contributed by atoms with Crippen molar-refractivity contribution in [3.8, 4) is 28.4 Å². The number of hydrogen-bond donors (Lipinski definition) is 1. The molecular weight excluding hydrogens is 468 g/mol. The van der Waals surface area contributed by atoms with Crippen molar-refractivity contribution in [3.05, 3.63) is 83.6 Å². The van der Waals surface area contributed by atoms with Gasteiger partial charge in [-0.05, 0) is 48.4 Å². The van der Waals surface area contributed by atoms with Crippen molar-refractivity contribution >= 4 is 22.4 Å².